The average Bonchev–Trinajstić information content (AvgIpc) is 3.01. The number of carbonyl (C=O) groups excluding carboxylic acids is 1. The van der Waals surface area contributed by atoms with Crippen LogP contribution in [0, 0.1) is 0 Å². The fourth-order valence-corrected chi connectivity index (χ4v) is 4.45. The summed E-state index contributed by atoms with van der Waals surface area (Å²) in [6, 6.07) is 13.3. The Balaban J connectivity index is 1.68. The summed E-state index contributed by atoms with van der Waals surface area (Å²) in [5.74, 6) is 0.842. The summed E-state index contributed by atoms with van der Waals surface area (Å²) in [6.45, 7) is 1.28. The maximum Gasteiger partial charge on any atom is 0.292 e. The number of rotatable bonds is 4. The highest BCUT2D eigenvalue weighted by Gasteiger charge is 2.27. The lowest BCUT2D eigenvalue weighted by Crippen LogP contribution is -2.37. The monoisotopic (exact) mass is 448 g/mol. The SMILES string of the molecule is COCCn1c(=NC(=O)C2COc3ccccc3O2)sc2cc(Br)ccc21. The molecule has 0 bridgehead atoms. The van der Waals surface area contributed by atoms with Crippen LogP contribution in [-0.4, -0.2) is 36.9 Å². The van der Waals surface area contributed by atoms with E-state index in [4.69, 9.17) is 14.2 Å². The quantitative estimate of drug-likeness (QED) is 0.613. The molecule has 1 aliphatic rings. The van der Waals surface area contributed by atoms with Crippen molar-refractivity contribution in [2.24, 2.45) is 4.99 Å². The zero-order valence-corrected chi connectivity index (χ0v) is 17.0. The zero-order valence-electron chi connectivity index (χ0n) is 14.6. The van der Waals surface area contributed by atoms with E-state index in [1.165, 1.54) is 11.3 Å². The van der Waals surface area contributed by atoms with E-state index < -0.39 is 6.10 Å². The van der Waals surface area contributed by atoms with Gasteiger partial charge in [-0.15, -0.1) is 0 Å². The summed E-state index contributed by atoms with van der Waals surface area (Å²) in [5.41, 5.74) is 1.01. The maximum absolute atomic E-state index is 12.7. The van der Waals surface area contributed by atoms with Crippen LogP contribution in [0.1, 0.15) is 0 Å². The van der Waals surface area contributed by atoms with E-state index in [1.807, 2.05) is 41.0 Å². The Morgan fingerprint density at radius 3 is 2.96 bits per heavy atom. The predicted octanol–water partition coefficient (Wildman–Crippen LogP) is 3.38. The Labute approximate surface area is 168 Å². The number of para-hydroxylation sites is 2. The number of methoxy groups -OCH3 is 1. The number of nitrogens with zero attached hydrogens (tertiary/aromatic N) is 2. The highest BCUT2D eigenvalue weighted by atomic mass is 79.9. The Morgan fingerprint density at radius 2 is 2.15 bits per heavy atom. The summed E-state index contributed by atoms with van der Waals surface area (Å²) in [4.78, 5) is 17.7. The molecule has 27 heavy (non-hydrogen) atoms. The molecule has 0 radical (unpaired) electrons. The first-order chi connectivity index (χ1) is 13.2. The number of benzene rings is 2. The van der Waals surface area contributed by atoms with Gasteiger partial charge in [0.2, 0.25) is 6.10 Å². The van der Waals surface area contributed by atoms with Crippen LogP contribution < -0.4 is 14.3 Å². The van der Waals surface area contributed by atoms with Crippen LogP contribution in [0.3, 0.4) is 0 Å². The van der Waals surface area contributed by atoms with Crippen LogP contribution in [0.2, 0.25) is 0 Å². The van der Waals surface area contributed by atoms with Crippen molar-refractivity contribution in [2.45, 2.75) is 12.6 Å². The van der Waals surface area contributed by atoms with Gasteiger partial charge in [0, 0.05) is 18.1 Å². The first-order valence-corrected chi connectivity index (χ1v) is 10.0. The van der Waals surface area contributed by atoms with Crippen LogP contribution in [0.4, 0.5) is 0 Å². The van der Waals surface area contributed by atoms with Crippen LogP contribution in [0.5, 0.6) is 11.5 Å². The molecule has 0 saturated heterocycles. The number of aromatic nitrogens is 1. The second-order valence-corrected chi connectivity index (χ2v) is 7.88. The van der Waals surface area contributed by atoms with Crippen molar-refractivity contribution in [3.8, 4) is 11.5 Å². The van der Waals surface area contributed by atoms with Crippen LogP contribution >= 0.6 is 27.3 Å². The first kappa shape index (κ1) is 18.2. The number of ether oxygens (including phenoxy) is 3. The minimum absolute atomic E-state index is 0.147. The van der Waals surface area contributed by atoms with Crippen LogP contribution in [0.25, 0.3) is 10.2 Å². The largest absolute Gasteiger partial charge is 0.485 e. The molecule has 1 amide bonds. The summed E-state index contributed by atoms with van der Waals surface area (Å²) < 4.78 is 20.6. The number of halogens is 1. The van der Waals surface area contributed by atoms with E-state index in [0.29, 0.717) is 29.5 Å². The number of amides is 1. The number of fused-ring (bicyclic) bond motifs is 2. The fraction of sp³-hybridized carbons (Fsp3) is 0.263. The van der Waals surface area contributed by atoms with Crippen molar-refractivity contribution in [2.75, 3.05) is 20.3 Å². The van der Waals surface area contributed by atoms with Crippen molar-refractivity contribution in [1.29, 1.82) is 0 Å². The predicted molar refractivity (Wildman–Crippen MR) is 106 cm³/mol. The van der Waals surface area contributed by atoms with E-state index in [-0.39, 0.29) is 12.5 Å². The highest BCUT2D eigenvalue weighted by Crippen LogP contribution is 2.31. The van der Waals surface area contributed by atoms with Gasteiger partial charge in [0.15, 0.2) is 16.3 Å². The maximum atomic E-state index is 12.7. The smallest absolute Gasteiger partial charge is 0.292 e. The second kappa shape index (κ2) is 7.84. The van der Waals surface area contributed by atoms with E-state index >= 15 is 0 Å². The molecule has 8 heteroatoms. The van der Waals surface area contributed by atoms with Gasteiger partial charge in [-0.1, -0.05) is 39.4 Å². The lowest BCUT2D eigenvalue weighted by Gasteiger charge is -2.23. The number of hydrogen-bond acceptors (Lipinski definition) is 5. The molecule has 0 saturated carbocycles. The van der Waals surface area contributed by atoms with Gasteiger partial charge >= 0.3 is 0 Å². The molecule has 6 nitrogen and oxygen atoms in total. The Hall–Kier alpha value is -2.16. The molecular formula is C19H17BrN2O4S. The molecule has 1 unspecified atom stereocenters. The Morgan fingerprint density at radius 1 is 1.33 bits per heavy atom. The van der Waals surface area contributed by atoms with Crippen molar-refractivity contribution < 1.29 is 19.0 Å². The van der Waals surface area contributed by atoms with Crippen molar-refractivity contribution in [1.82, 2.24) is 4.57 Å². The molecule has 1 atom stereocenters. The second-order valence-electron chi connectivity index (χ2n) is 5.96. The van der Waals surface area contributed by atoms with Gasteiger partial charge in [0.25, 0.3) is 5.91 Å². The summed E-state index contributed by atoms with van der Waals surface area (Å²) in [6.07, 6.45) is -0.757. The van der Waals surface area contributed by atoms with Gasteiger partial charge < -0.3 is 18.8 Å². The van der Waals surface area contributed by atoms with Gasteiger partial charge in [0.1, 0.15) is 6.61 Å². The van der Waals surface area contributed by atoms with E-state index in [9.17, 15) is 4.79 Å². The molecule has 0 fully saturated rings. The molecule has 0 N–H and O–H groups in total. The number of thiazole rings is 1. The topological polar surface area (TPSA) is 62.1 Å². The summed E-state index contributed by atoms with van der Waals surface area (Å²) in [7, 11) is 1.65. The summed E-state index contributed by atoms with van der Waals surface area (Å²) in [5, 5.41) is 0. The highest BCUT2D eigenvalue weighted by molar-refractivity contribution is 9.10. The number of hydrogen-bond donors (Lipinski definition) is 0. The fourth-order valence-electron chi connectivity index (χ4n) is 2.84. The minimum Gasteiger partial charge on any atom is -0.485 e. The standard InChI is InChI=1S/C19H17BrN2O4S/c1-24-9-8-22-13-7-6-12(20)10-17(13)27-19(22)21-18(23)16-11-25-14-4-2-3-5-15(14)26-16/h2-7,10,16H,8-9,11H2,1H3. The van der Waals surface area contributed by atoms with Crippen molar-refractivity contribution >= 4 is 43.4 Å². The lowest BCUT2D eigenvalue weighted by molar-refractivity contribution is -0.127. The molecule has 0 spiro atoms. The zero-order chi connectivity index (χ0) is 18.8. The minimum atomic E-state index is -0.757. The first-order valence-electron chi connectivity index (χ1n) is 8.40. The Kier molecular flexibility index (Phi) is 5.29. The molecule has 0 aliphatic carbocycles. The molecule has 1 aliphatic heterocycles. The molecule has 1 aromatic heterocycles. The van der Waals surface area contributed by atoms with Gasteiger partial charge in [0.05, 0.1) is 16.8 Å². The Bertz CT molecular complexity index is 1060. The lowest BCUT2D eigenvalue weighted by atomic mass is 10.2. The van der Waals surface area contributed by atoms with Crippen LogP contribution in [0.15, 0.2) is 51.9 Å². The van der Waals surface area contributed by atoms with Gasteiger partial charge in [-0.25, -0.2) is 0 Å². The average molecular weight is 449 g/mol. The van der Waals surface area contributed by atoms with E-state index in [2.05, 4.69) is 20.9 Å². The number of carbonyl (C=O) groups is 1. The molecule has 2 heterocycles. The van der Waals surface area contributed by atoms with Crippen molar-refractivity contribution in [3.05, 3.63) is 51.7 Å². The molecule has 2 aromatic carbocycles. The molecule has 140 valence electrons. The van der Waals surface area contributed by atoms with Gasteiger partial charge in [-0.2, -0.15) is 4.99 Å². The van der Waals surface area contributed by atoms with Gasteiger partial charge in [-0.3, -0.25) is 4.79 Å². The third kappa shape index (κ3) is 3.78. The summed E-state index contributed by atoms with van der Waals surface area (Å²) >= 11 is 4.95. The molecule has 4 rings (SSSR count). The normalized spacial score (nSPS) is 16.7. The third-order valence-corrected chi connectivity index (χ3v) is 5.69. The van der Waals surface area contributed by atoms with E-state index in [0.717, 1.165) is 14.7 Å². The van der Waals surface area contributed by atoms with Crippen molar-refractivity contribution in [3.63, 3.8) is 0 Å². The van der Waals surface area contributed by atoms with Gasteiger partial charge in [-0.05, 0) is 30.3 Å². The third-order valence-electron chi connectivity index (χ3n) is 4.15. The van der Waals surface area contributed by atoms with E-state index in [1.54, 1.807) is 13.2 Å². The van der Waals surface area contributed by atoms with Crippen LogP contribution in [-0.2, 0) is 16.1 Å². The molecule has 3 aromatic rings. The molecular weight excluding hydrogens is 432 g/mol.